The largest absolute Gasteiger partial charge is 0.493 e. The molecule has 1 aromatic carbocycles. The first-order valence-corrected chi connectivity index (χ1v) is 5.38. The van der Waals surface area contributed by atoms with Crippen LogP contribution in [-0.2, 0) is 6.42 Å². The first-order valence-electron chi connectivity index (χ1n) is 5.38. The van der Waals surface area contributed by atoms with Crippen molar-refractivity contribution in [1.82, 2.24) is 0 Å². The molecule has 88 valence electrons. The van der Waals surface area contributed by atoms with Gasteiger partial charge in [0.15, 0.2) is 11.5 Å². The van der Waals surface area contributed by atoms with Crippen molar-refractivity contribution in [3.05, 3.63) is 36.4 Å². The molecule has 2 N–H and O–H groups in total. The van der Waals surface area contributed by atoms with Gasteiger partial charge in [-0.15, -0.1) is 0 Å². The van der Waals surface area contributed by atoms with Crippen molar-refractivity contribution in [1.29, 1.82) is 0 Å². The molecule has 3 nitrogen and oxygen atoms in total. The van der Waals surface area contributed by atoms with Crippen LogP contribution in [0.25, 0.3) is 0 Å². The highest BCUT2D eigenvalue weighted by Gasteiger charge is 2.11. The van der Waals surface area contributed by atoms with Gasteiger partial charge in [-0.25, -0.2) is 0 Å². The molecule has 16 heavy (non-hydrogen) atoms. The summed E-state index contributed by atoms with van der Waals surface area (Å²) < 4.78 is 11.0. The topological polar surface area (TPSA) is 44.5 Å². The second-order valence-corrected chi connectivity index (χ2v) is 3.55. The van der Waals surface area contributed by atoms with E-state index in [-0.39, 0.29) is 6.10 Å². The van der Waals surface area contributed by atoms with E-state index in [2.05, 4.69) is 6.58 Å². The van der Waals surface area contributed by atoms with E-state index in [1.54, 1.807) is 13.2 Å². The van der Waals surface area contributed by atoms with E-state index in [0.29, 0.717) is 6.54 Å². The Morgan fingerprint density at radius 1 is 1.50 bits per heavy atom. The van der Waals surface area contributed by atoms with E-state index in [9.17, 15) is 0 Å². The zero-order chi connectivity index (χ0) is 12.0. The molecule has 1 aromatic rings. The van der Waals surface area contributed by atoms with Crippen molar-refractivity contribution in [2.24, 2.45) is 5.73 Å². The van der Waals surface area contributed by atoms with Gasteiger partial charge in [0.05, 0.1) is 7.11 Å². The average molecular weight is 221 g/mol. The van der Waals surface area contributed by atoms with Gasteiger partial charge >= 0.3 is 0 Å². The first-order chi connectivity index (χ1) is 7.72. The predicted molar refractivity (Wildman–Crippen MR) is 66.0 cm³/mol. The molecule has 1 atom stereocenters. The van der Waals surface area contributed by atoms with E-state index in [1.165, 1.54) is 0 Å². The summed E-state index contributed by atoms with van der Waals surface area (Å²) in [6, 6.07) is 5.82. The summed E-state index contributed by atoms with van der Waals surface area (Å²) in [5, 5.41) is 0. The molecule has 0 aliphatic heterocycles. The lowest BCUT2D eigenvalue weighted by molar-refractivity contribution is 0.252. The summed E-state index contributed by atoms with van der Waals surface area (Å²) in [5.41, 5.74) is 6.63. The van der Waals surface area contributed by atoms with Crippen LogP contribution in [-0.4, -0.2) is 19.8 Å². The lowest BCUT2D eigenvalue weighted by Gasteiger charge is -2.17. The Morgan fingerprint density at radius 3 is 2.81 bits per heavy atom. The van der Waals surface area contributed by atoms with E-state index in [0.717, 1.165) is 23.5 Å². The number of benzene rings is 1. The van der Waals surface area contributed by atoms with Crippen LogP contribution in [0.1, 0.15) is 12.5 Å². The number of rotatable bonds is 6. The molecule has 0 aliphatic carbocycles. The summed E-state index contributed by atoms with van der Waals surface area (Å²) in [5.74, 6) is 1.50. The minimum Gasteiger partial charge on any atom is -0.493 e. The van der Waals surface area contributed by atoms with Crippen LogP contribution in [0, 0.1) is 0 Å². The number of methoxy groups -OCH3 is 1. The fourth-order valence-electron chi connectivity index (χ4n) is 1.44. The zero-order valence-electron chi connectivity index (χ0n) is 9.90. The van der Waals surface area contributed by atoms with Crippen molar-refractivity contribution in [3.8, 4) is 11.5 Å². The third-order valence-corrected chi connectivity index (χ3v) is 2.33. The maximum Gasteiger partial charge on any atom is 0.165 e. The number of hydrogen-bond donors (Lipinski definition) is 1. The average Bonchev–Trinajstić information content (AvgIpc) is 2.31. The normalized spacial score (nSPS) is 11.9. The zero-order valence-corrected chi connectivity index (χ0v) is 9.90. The monoisotopic (exact) mass is 221 g/mol. The molecule has 0 fully saturated rings. The quantitative estimate of drug-likeness (QED) is 0.749. The van der Waals surface area contributed by atoms with Crippen LogP contribution in [0.5, 0.6) is 11.5 Å². The number of ether oxygens (including phenoxy) is 2. The molecule has 1 rings (SSSR count). The van der Waals surface area contributed by atoms with Crippen molar-refractivity contribution in [3.63, 3.8) is 0 Å². The van der Waals surface area contributed by atoms with Crippen molar-refractivity contribution in [2.75, 3.05) is 13.7 Å². The maximum atomic E-state index is 5.77. The highest BCUT2D eigenvalue weighted by Crippen LogP contribution is 2.32. The standard InChI is InChI=1S/C13H19NO2/c1-4-10(2)16-13-11(8-9-14)6-5-7-12(13)15-3/h4-7,10H,1,8-9,14H2,2-3H3. The number of hydrogen-bond acceptors (Lipinski definition) is 3. The van der Waals surface area contributed by atoms with Crippen LogP contribution in [0.15, 0.2) is 30.9 Å². The Kier molecular flexibility index (Phi) is 4.86. The highest BCUT2D eigenvalue weighted by molar-refractivity contribution is 5.47. The Balaban J connectivity index is 3.03. The van der Waals surface area contributed by atoms with Crippen LogP contribution >= 0.6 is 0 Å². The predicted octanol–water partition coefficient (Wildman–Crippen LogP) is 2.15. The van der Waals surface area contributed by atoms with Crippen molar-refractivity contribution < 1.29 is 9.47 Å². The third kappa shape index (κ3) is 3.00. The molecular weight excluding hydrogens is 202 g/mol. The second-order valence-electron chi connectivity index (χ2n) is 3.55. The van der Waals surface area contributed by atoms with Gasteiger partial charge in [0.2, 0.25) is 0 Å². The smallest absolute Gasteiger partial charge is 0.165 e. The number of nitrogens with two attached hydrogens (primary N) is 1. The van der Waals surface area contributed by atoms with Gasteiger partial charge in [-0.1, -0.05) is 24.8 Å². The Hall–Kier alpha value is -1.48. The molecular formula is C13H19NO2. The van der Waals surface area contributed by atoms with Gasteiger partial charge in [0, 0.05) is 0 Å². The van der Waals surface area contributed by atoms with Crippen LogP contribution in [0.3, 0.4) is 0 Å². The Morgan fingerprint density at radius 2 is 2.25 bits per heavy atom. The lowest BCUT2D eigenvalue weighted by atomic mass is 10.1. The summed E-state index contributed by atoms with van der Waals surface area (Å²) in [6.07, 6.45) is 2.47. The lowest BCUT2D eigenvalue weighted by Crippen LogP contribution is -2.12. The Bertz CT molecular complexity index is 350. The van der Waals surface area contributed by atoms with Crippen molar-refractivity contribution >= 4 is 0 Å². The minimum atomic E-state index is -0.0483. The van der Waals surface area contributed by atoms with Gasteiger partial charge in [-0.2, -0.15) is 0 Å². The van der Waals surface area contributed by atoms with E-state index < -0.39 is 0 Å². The van der Waals surface area contributed by atoms with E-state index in [4.69, 9.17) is 15.2 Å². The Labute approximate surface area is 96.9 Å². The SMILES string of the molecule is C=CC(C)Oc1c(CCN)cccc1OC. The molecule has 0 spiro atoms. The summed E-state index contributed by atoms with van der Waals surface area (Å²) >= 11 is 0. The first kappa shape index (κ1) is 12.6. The van der Waals surface area contributed by atoms with E-state index >= 15 is 0 Å². The minimum absolute atomic E-state index is 0.0483. The molecule has 0 aromatic heterocycles. The van der Waals surface area contributed by atoms with Gasteiger partial charge in [-0.3, -0.25) is 0 Å². The number of para-hydroxylation sites is 1. The molecule has 0 saturated heterocycles. The molecule has 0 saturated carbocycles. The van der Waals surface area contributed by atoms with Crippen LogP contribution < -0.4 is 15.2 Å². The fraction of sp³-hybridized carbons (Fsp3) is 0.385. The summed E-state index contributed by atoms with van der Waals surface area (Å²) in [7, 11) is 1.63. The molecule has 0 radical (unpaired) electrons. The maximum absolute atomic E-state index is 5.77. The molecule has 0 amide bonds. The highest BCUT2D eigenvalue weighted by atomic mass is 16.5. The fourth-order valence-corrected chi connectivity index (χ4v) is 1.44. The van der Waals surface area contributed by atoms with Crippen molar-refractivity contribution in [2.45, 2.75) is 19.4 Å². The van der Waals surface area contributed by atoms with Gasteiger partial charge in [0.25, 0.3) is 0 Å². The van der Waals surface area contributed by atoms with Gasteiger partial charge in [0.1, 0.15) is 6.10 Å². The molecule has 3 heteroatoms. The van der Waals surface area contributed by atoms with Gasteiger partial charge < -0.3 is 15.2 Å². The third-order valence-electron chi connectivity index (χ3n) is 2.33. The van der Waals surface area contributed by atoms with E-state index in [1.807, 2.05) is 25.1 Å². The molecule has 0 aliphatic rings. The molecule has 0 heterocycles. The second kappa shape index (κ2) is 6.18. The van der Waals surface area contributed by atoms with Gasteiger partial charge in [-0.05, 0) is 31.5 Å². The summed E-state index contributed by atoms with van der Waals surface area (Å²) in [6.45, 7) is 6.22. The molecule has 1 unspecified atom stereocenters. The molecule has 0 bridgehead atoms. The van der Waals surface area contributed by atoms with Crippen LogP contribution in [0.2, 0.25) is 0 Å². The van der Waals surface area contributed by atoms with Crippen LogP contribution in [0.4, 0.5) is 0 Å². The summed E-state index contributed by atoms with van der Waals surface area (Å²) in [4.78, 5) is 0.